The number of ether oxygens (including phenoxy) is 1. The summed E-state index contributed by atoms with van der Waals surface area (Å²) in [4.78, 5) is 30.6. The zero-order valence-corrected chi connectivity index (χ0v) is 11.8. The average molecular weight is 306 g/mol. The van der Waals surface area contributed by atoms with Crippen LogP contribution in [0.4, 0.5) is 0 Å². The summed E-state index contributed by atoms with van der Waals surface area (Å²) in [6, 6.07) is -1.17. The van der Waals surface area contributed by atoms with Crippen LogP contribution >= 0.6 is 23.4 Å². The summed E-state index contributed by atoms with van der Waals surface area (Å²) in [6.45, 7) is -0.154. The second kappa shape index (κ2) is 7.27. The highest BCUT2D eigenvalue weighted by atomic mass is 35.5. The van der Waals surface area contributed by atoms with E-state index < -0.39 is 17.9 Å². The van der Waals surface area contributed by atoms with Gasteiger partial charge >= 0.3 is 5.97 Å². The molecule has 0 aliphatic heterocycles. The van der Waals surface area contributed by atoms with Gasteiger partial charge in [0.1, 0.15) is 0 Å². The number of carbonyl (C=O) groups excluding carboxylic acids is 1. The summed E-state index contributed by atoms with van der Waals surface area (Å²) >= 11 is 7.06. The second-order valence-corrected chi connectivity index (χ2v) is 4.55. The average Bonchev–Trinajstić information content (AvgIpc) is 2.38. The zero-order chi connectivity index (χ0) is 14.4. The standard InChI is InChI=1S/C10H12ClN3O4S/c1-18-4-6(9(16)17)13-8(15)7-5(11)3-12-10(14-7)19-2/h3,6H,4H2,1-2H3,(H,13,15)(H,16,17). The van der Waals surface area contributed by atoms with Crippen LogP contribution in [0.5, 0.6) is 0 Å². The minimum Gasteiger partial charge on any atom is -0.480 e. The number of hydrogen-bond donors (Lipinski definition) is 2. The van der Waals surface area contributed by atoms with Crippen LogP contribution in [0.1, 0.15) is 10.5 Å². The molecule has 104 valence electrons. The molecule has 1 amide bonds. The third-order valence-corrected chi connectivity index (χ3v) is 2.89. The smallest absolute Gasteiger partial charge is 0.328 e. The van der Waals surface area contributed by atoms with Gasteiger partial charge in [0.15, 0.2) is 16.9 Å². The number of aliphatic carboxylic acids is 1. The van der Waals surface area contributed by atoms with Crippen molar-refractivity contribution in [2.24, 2.45) is 0 Å². The summed E-state index contributed by atoms with van der Waals surface area (Å²) < 4.78 is 4.71. The van der Waals surface area contributed by atoms with Crippen LogP contribution in [0.15, 0.2) is 11.4 Å². The number of thioether (sulfide) groups is 1. The number of aromatic nitrogens is 2. The summed E-state index contributed by atoms with van der Waals surface area (Å²) in [5, 5.41) is 11.6. The number of nitrogens with one attached hydrogen (secondary N) is 1. The van der Waals surface area contributed by atoms with Crippen LogP contribution in [0.2, 0.25) is 5.02 Å². The molecular formula is C10H12ClN3O4S. The van der Waals surface area contributed by atoms with E-state index in [4.69, 9.17) is 21.4 Å². The molecule has 0 aliphatic rings. The lowest BCUT2D eigenvalue weighted by molar-refractivity contribution is -0.140. The van der Waals surface area contributed by atoms with Crippen molar-refractivity contribution in [1.82, 2.24) is 15.3 Å². The van der Waals surface area contributed by atoms with Crippen molar-refractivity contribution < 1.29 is 19.4 Å². The van der Waals surface area contributed by atoms with Crippen LogP contribution in [0, 0.1) is 0 Å². The van der Waals surface area contributed by atoms with Crippen LogP contribution in [-0.4, -0.2) is 53.0 Å². The van der Waals surface area contributed by atoms with Crippen molar-refractivity contribution in [3.63, 3.8) is 0 Å². The number of nitrogens with zero attached hydrogens (tertiary/aromatic N) is 2. The van der Waals surface area contributed by atoms with Crippen molar-refractivity contribution in [3.8, 4) is 0 Å². The first-order chi connectivity index (χ1) is 8.99. The molecule has 0 aliphatic carbocycles. The SMILES string of the molecule is COCC(NC(=O)c1nc(SC)ncc1Cl)C(=O)O. The number of carboxylic acids is 1. The van der Waals surface area contributed by atoms with Gasteiger partial charge in [0.2, 0.25) is 0 Å². The van der Waals surface area contributed by atoms with Crippen LogP contribution in [0.3, 0.4) is 0 Å². The van der Waals surface area contributed by atoms with E-state index in [0.717, 1.165) is 0 Å². The third kappa shape index (κ3) is 4.34. The molecule has 1 aromatic rings. The molecule has 1 heterocycles. The van der Waals surface area contributed by atoms with Gasteiger partial charge in [-0.25, -0.2) is 14.8 Å². The monoisotopic (exact) mass is 305 g/mol. The van der Waals surface area contributed by atoms with E-state index in [1.165, 1.54) is 25.1 Å². The number of amides is 1. The quantitative estimate of drug-likeness (QED) is 0.588. The van der Waals surface area contributed by atoms with Gasteiger partial charge in [-0.2, -0.15) is 0 Å². The van der Waals surface area contributed by atoms with Gasteiger partial charge in [0.25, 0.3) is 5.91 Å². The molecule has 7 nitrogen and oxygen atoms in total. The molecule has 0 radical (unpaired) electrons. The number of halogens is 1. The highest BCUT2D eigenvalue weighted by Gasteiger charge is 2.23. The van der Waals surface area contributed by atoms with Crippen molar-refractivity contribution >= 4 is 35.2 Å². The Bertz CT molecular complexity index is 486. The van der Waals surface area contributed by atoms with Crippen LogP contribution in [0.25, 0.3) is 0 Å². The topological polar surface area (TPSA) is 101 Å². The maximum absolute atomic E-state index is 11.9. The largest absolute Gasteiger partial charge is 0.480 e. The maximum atomic E-state index is 11.9. The normalized spacial score (nSPS) is 11.9. The van der Waals surface area contributed by atoms with Gasteiger partial charge in [-0.3, -0.25) is 4.79 Å². The van der Waals surface area contributed by atoms with E-state index in [-0.39, 0.29) is 17.3 Å². The molecule has 1 aromatic heterocycles. The zero-order valence-electron chi connectivity index (χ0n) is 10.2. The second-order valence-electron chi connectivity index (χ2n) is 3.37. The molecular weight excluding hydrogens is 294 g/mol. The molecule has 1 unspecified atom stereocenters. The Morgan fingerprint density at radius 3 is 2.84 bits per heavy atom. The molecule has 0 bridgehead atoms. The summed E-state index contributed by atoms with van der Waals surface area (Å²) in [6.07, 6.45) is 3.04. The molecule has 0 saturated carbocycles. The van der Waals surface area contributed by atoms with Crippen molar-refractivity contribution in [2.45, 2.75) is 11.2 Å². The van der Waals surface area contributed by atoms with Gasteiger partial charge in [-0.15, -0.1) is 0 Å². The molecule has 0 aromatic carbocycles. The fourth-order valence-electron chi connectivity index (χ4n) is 1.18. The number of hydrogen-bond acceptors (Lipinski definition) is 6. The number of rotatable bonds is 6. The summed E-state index contributed by atoms with van der Waals surface area (Å²) in [5.74, 6) is -1.89. The summed E-state index contributed by atoms with van der Waals surface area (Å²) in [7, 11) is 1.34. The Labute approximate surface area is 118 Å². The molecule has 0 spiro atoms. The van der Waals surface area contributed by atoms with E-state index in [2.05, 4.69) is 15.3 Å². The van der Waals surface area contributed by atoms with E-state index in [0.29, 0.717) is 5.16 Å². The molecule has 0 saturated heterocycles. The number of carboxylic acid groups (broad SMARTS) is 1. The first-order valence-corrected chi connectivity index (χ1v) is 6.69. The van der Waals surface area contributed by atoms with Gasteiger partial charge < -0.3 is 15.2 Å². The van der Waals surface area contributed by atoms with E-state index in [9.17, 15) is 9.59 Å². The molecule has 9 heteroatoms. The molecule has 19 heavy (non-hydrogen) atoms. The molecule has 2 N–H and O–H groups in total. The van der Waals surface area contributed by atoms with E-state index >= 15 is 0 Å². The lowest BCUT2D eigenvalue weighted by Gasteiger charge is -2.13. The Hall–Kier alpha value is -1.38. The van der Waals surface area contributed by atoms with Gasteiger partial charge in [0.05, 0.1) is 17.8 Å². The Morgan fingerprint density at radius 2 is 2.32 bits per heavy atom. The van der Waals surface area contributed by atoms with Gasteiger partial charge in [-0.05, 0) is 6.26 Å². The Balaban J connectivity index is 2.90. The highest BCUT2D eigenvalue weighted by Crippen LogP contribution is 2.16. The molecule has 0 fully saturated rings. The fraction of sp³-hybridized carbons (Fsp3) is 0.400. The first-order valence-electron chi connectivity index (χ1n) is 5.08. The fourth-order valence-corrected chi connectivity index (χ4v) is 1.69. The van der Waals surface area contributed by atoms with E-state index in [1.807, 2.05) is 0 Å². The van der Waals surface area contributed by atoms with Crippen molar-refractivity contribution in [3.05, 3.63) is 16.9 Å². The number of carbonyl (C=O) groups is 2. The van der Waals surface area contributed by atoms with Gasteiger partial charge in [-0.1, -0.05) is 23.4 Å². The lowest BCUT2D eigenvalue weighted by Crippen LogP contribution is -2.44. The van der Waals surface area contributed by atoms with Gasteiger partial charge in [0, 0.05) is 7.11 Å². The molecule has 1 rings (SSSR count). The predicted octanol–water partition coefficient (Wildman–Crippen LogP) is 0.681. The molecule has 1 atom stereocenters. The third-order valence-electron chi connectivity index (χ3n) is 2.06. The highest BCUT2D eigenvalue weighted by molar-refractivity contribution is 7.98. The van der Waals surface area contributed by atoms with Crippen molar-refractivity contribution in [2.75, 3.05) is 20.0 Å². The maximum Gasteiger partial charge on any atom is 0.328 e. The Kier molecular flexibility index (Phi) is 6.00. The minimum absolute atomic E-state index is 0.0526. The Morgan fingerprint density at radius 1 is 1.63 bits per heavy atom. The summed E-state index contributed by atoms with van der Waals surface area (Å²) in [5.41, 5.74) is -0.0663. The predicted molar refractivity (Wildman–Crippen MR) is 69.6 cm³/mol. The van der Waals surface area contributed by atoms with Crippen LogP contribution < -0.4 is 5.32 Å². The van der Waals surface area contributed by atoms with Crippen molar-refractivity contribution in [1.29, 1.82) is 0 Å². The number of methoxy groups -OCH3 is 1. The minimum atomic E-state index is -1.20. The van der Waals surface area contributed by atoms with Crippen LogP contribution in [-0.2, 0) is 9.53 Å². The lowest BCUT2D eigenvalue weighted by atomic mass is 10.3. The first kappa shape index (κ1) is 15.7. The van der Waals surface area contributed by atoms with E-state index in [1.54, 1.807) is 6.26 Å².